The highest BCUT2D eigenvalue weighted by Gasteiger charge is 2.19. The number of ether oxygens (including phenoxy) is 3. The summed E-state index contributed by atoms with van der Waals surface area (Å²) < 4.78 is 16.8. The van der Waals surface area contributed by atoms with Crippen LogP contribution in [0.4, 0.5) is 0 Å². The predicted octanol–water partition coefficient (Wildman–Crippen LogP) is 18.2. The van der Waals surface area contributed by atoms with Gasteiger partial charge < -0.3 is 14.2 Å². The number of esters is 3. The number of allylic oxidation sites excluding steroid dienone is 12. The molecule has 0 aromatic rings. The van der Waals surface area contributed by atoms with Crippen LogP contribution in [0.1, 0.15) is 265 Å². The molecule has 374 valence electrons. The van der Waals surface area contributed by atoms with Crippen molar-refractivity contribution < 1.29 is 28.6 Å². The minimum absolute atomic E-state index is 0.0905. The quantitative estimate of drug-likeness (QED) is 0.0262. The molecule has 0 N–H and O–H groups in total. The Morgan fingerprint density at radius 1 is 0.323 bits per heavy atom. The lowest BCUT2D eigenvalue weighted by Crippen LogP contribution is -2.30. The zero-order chi connectivity index (χ0) is 47.2. The molecule has 0 aliphatic carbocycles. The Morgan fingerprint density at radius 3 is 1.02 bits per heavy atom. The van der Waals surface area contributed by atoms with Gasteiger partial charge in [-0.05, 0) is 83.5 Å². The van der Waals surface area contributed by atoms with Gasteiger partial charge in [0.05, 0.1) is 0 Å². The molecule has 6 heteroatoms. The molecule has 0 bridgehead atoms. The first-order valence-corrected chi connectivity index (χ1v) is 27.4. The summed E-state index contributed by atoms with van der Waals surface area (Å²) in [5.41, 5.74) is 0. The highest BCUT2D eigenvalue weighted by Crippen LogP contribution is 2.16. The normalized spacial score (nSPS) is 12.6. The van der Waals surface area contributed by atoms with E-state index in [1.807, 2.05) is 0 Å². The first-order valence-electron chi connectivity index (χ1n) is 27.4. The molecular formula is C59H102O6. The molecule has 0 heterocycles. The largest absolute Gasteiger partial charge is 0.462 e. The number of rotatable bonds is 49. The molecule has 1 unspecified atom stereocenters. The Morgan fingerprint density at radius 2 is 0.615 bits per heavy atom. The molecule has 0 aromatic heterocycles. The minimum atomic E-state index is -0.791. The molecule has 0 saturated heterocycles. The first-order chi connectivity index (χ1) is 32.0. The van der Waals surface area contributed by atoms with Crippen LogP contribution < -0.4 is 0 Å². The van der Waals surface area contributed by atoms with Crippen LogP contribution in [0.2, 0.25) is 0 Å². The highest BCUT2D eigenvalue weighted by atomic mass is 16.6. The van der Waals surface area contributed by atoms with Crippen molar-refractivity contribution >= 4 is 17.9 Å². The van der Waals surface area contributed by atoms with Gasteiger partial charge >= 0.3 is 17.9 Å². The second-order valence-electron chi connectivity index (χ2n) is 18.1. The van der Waals surface area contributed by atoms with Gasteiger partial charge in [-0.25, -0.2) is 0 Å². The molecule has 0 aliphatic rings. The molecule has 1 atom stereocenters. The minimum Gasteiger partial charge on any atom is -0.462 e. The predicted molar refractivity (Wildman–Crippen MR) is 279 cm³/mol. The van der Waals surface area contributed by atoms with Gasteiger partial charge in [-0.2, -0.15) is 0 Å². The Labute approximate surface area is 402 Å². The summed E-state index contributed by atoms with van der Waals surface area (Å²) in [6.45, 7) is 6.46. The summed E-state index contributed by atoms with van der Waals surface area (Å²) in [5, 5.41) is 0. The highest BCUT2D eigenvalue weighted by molar-refractivity contribution is 5.71. The zero-order valence-corrected chi connectivity index (χ0v) is 42.7. The third-order valence-corrected chi connectivity index (χ3v) is 11.7. The molecule has 0 radical (unpaired) electrons. The standard InChI is InChI=1S/C59H102O6/c1-4-7-10-13-16-19-22-24-26-28-30-32-33-35-37-40-43-46-49-52-58(61)64-55-56(54-63-57(60)51-48-45-42-39-21-18-15-12-9-6-3)65-59(62)53-50-47-44-41-38-36-34-31-29-27-25-23-20-17-14-11-8-5-2/h7,10,15-16,18-19,24,26,30,32,35,37,56H,4-6,8-9,11-14,17,20-23,25,27-29,31,33-34,36,38-55H2,1-3H3/b10-7-,18-15-,19-16-,26-24-,32-30-,37-35-. The molecule has 0 saturated carbocycles. The maximum absolute atomic E-state index is 12.8. The Hall–Kier alpha value is -3.15. The van der Waals surface area contributed by atoms with Gasteiger partial charge in [-0.1, -0.05) is 235 Å². The monoisotopic (exact) mass is 907 g/mol. The van der Waals surface area contributed by atoms with Crippen LogP contribution in [-0.4, -0.2) is 37.2 Å². The van der Waals surface area contributed by atoms with E-state index in [2.05, 4.69) is 93.7 Å². The van der Waals surface area contributed by atoms with Crippen molar-refractivity contribution in [1.29, 1.82) is 0 Å². The summed E-state index contributed by atoms with van der Waals surface area (Å²) >= 11 is 0. The van der Waals surface area contributed by atoms with Gasteiger partial charge in [-0.3, -0.25) is 14.4 Å². The van der Waals surface area contributed by atoms with E-state index in [-0.39, 0.29) is 31.1 Å². The summed E-state index contributed by atoms with van der Waals surface area (Å²) in [6.07, 6.45) is 67.5. The third-order valence-electron chi connectivity index (χ3n) is 11.7. The second-order valence-corrected chi connectivity index (χ2v) is 18.1. The third kappa shape index (κ3) is 51.7. The Bertz CT molecular complexity index is 1230. The summed E-state index contributed by atoms with van der Waals surface area (Å²) in [5.74, 6) is -0.929. The molecular weight excluding hydrogens is 805 g/mol. The van der Waals surface area contributed by atoms with E-state index in [0.29, 0.717) is 19.3 Å². The fourth-order valence-corrected chi connectivity index (χ4v) is 7.57. The van der Waals surface area contributed by atoms with Crippen LogP contribution in [-0.2, 0) is 28.6 Å². The van der Waals surface area contributed by atoms with E-state index in [0.717, 1.165) is 116 Å². The van der Waals surface area contributed by atoms with Crippen molar-refractivity contribution in [3.8, 4) is 0 Å². The van der Waals surface area contributed by atoms with Crippen LogP contribution in [0.5, 0.6) is 0 Å². The van der Waals surface area contributed by atoms with Crippen molar-refractivity contribution in [2.24, 2.45) is 0 Å². The van der Waals surface area contributed by atoms with Crippen LogP contribution in [0, 0.1) is 0 Å². The Balaban J connectivity index is 4.37. The molecule has 0 aromatic carbocycles. The van der Waals surface area contributed by atoms with E-state index >= 15 is 0 Å². The van der Waals surface area contributed by atoms with Crippen LogP contribution >= 0.6 is 0 Å². The average Bonchev–Trinajstić information content (AvgIpc) is 3.30. The van der Waals surface area contributed by atoms with Gasteiger partial charge in [0.25, 0.3) is 0 Å². The smallest absolute Gasteiger partial charge is 0.306 e. The van der Waals surface area contributed by atoms with Crippen molar-refractivity contribution in [3.05, 3.63) is 72.9 Å². The molecule has 0 fully saturated rings. The SMILES string of the molecule is CC/C=C\C/C=C\C/C=C\C/C=C\C/C=C\CCCCCC(=O)OCC(COC(=O)CCCCCC/C=C\CCCC)OC(=O)CCCCCCCCCCCCCCCCCCCC. The van der Waals surface area contributed by atoms with E-state index < -0.39 is 6.10 Å². The lowest BCUT2D eigenvalue weighted by molar-refractivity contribution is -0.167. The lowest BCUT2D eigenvalue weighted by atomic mass is 10.0. The number of hydrogen-bond donors (Lipinski definition) is 0. The van der Waals surface area contributed by atoms with Gasteiger partial charge in [0.2, 0.25) is 0 Å². The number of unbranched alkanes of at least 4 members (excludes halogenated alkanes) is 26. The van der Waals surface area contributed by atoms with E-state index in [4.69, 9.17) is 14.2 Å². The van der Waals surface area contributed by atoms with E-state index in [1.165, 1.54) is 109 Å². The topological polar surface area (TPSA) is 78.9 Å². The van der Waals surface area contributed by atoms with Crippen molar-refractivity contribution in [2.45, 2.75) is 271 Å². The first kappa shape index (κ1) is 61.9. The number of hydrogen-bond acceptors (Lipinski definition) is 6. The average molecular weight is 907 g/mol. The summed E-state index contributed by atoms with van der Waals surface area (Å²) in [7, 11) is 0. The van der Waals surface area contributed by atoms with Crippen LogP contribution in [0.15, 0.2) is 72.9 Å². The summed E-state index contributed by atoms with van der Waals surface area (Å²) in [6, 6.07) is 0. The van der Waals surface area contributed by atoms with Crippen LogP contribution in [0.3, 0.4) is 0 Å². The van der Waals surface area contributed by atoms with Crippen molar-refractivity contribution in [2.75, 3.05) is 13.2 Å². The van der Waals surface area contributed by atoms with Crippen LogP contribution in [0.25, 0.3) is 0 Å². The maximum atomic E-state index is 12.8. The molecule has 0 spiro atoms. The molecule has 65 heavy (non-hydrogen) atoms. The van der Waals surface area contributed by atoms with Crippen molar-refractivity contribution in [1.82, 2.24) is 0 Å². The fourth-order valence-electron chi connectivity index (χ4n) is 7.57. The maximum Gasteiger partial charge on any atom is 0.306 e. The van der Waals surface area contributed by atoms with Gasteiger partial charge in [0.1, 0.15) is 13.2 Å². The van der Waals surface area contributed by atoms with E-state index in [1.54, 1.807) is 0 Å². The van der Waals surface area contributed by atoms with Gasteiger partial charge in [-0.15, -0.1) is 0 Å². The second kappa shape index (κ2) is 53.5. The fraction of sp³-hybridized carbons (Fsp3) is 0.746. The Kier molecular flexibility index (Phi) is 50.9. The van der Waals surface area contributed by atoms with E-state index in [9.17, 15) is 14.4 Å². The molecule has 0 aliphatic heterocycles. The summed E-state index contributed by atoms with van der Waals surface area (Å²) in [4.78, 5) is 38.0. The zero-order valence-electron chi connectivity index (χ0n) is 42.7. The molecule has 0 amide bonds. The number of carbonyl (C=O) groups is 3. The van der Waals surface area contributed by atoms with Gasteiger partial charge in [0, 0.05) is 19.3 Å². The van der Waals surface area contributed by atoms with Crippen molar-refractivity contribution in [3.63, 3.8) is 0 Å². The molecule has 0 rings (SSSR count). The number of carbonyl (C=O) groups excluding carboxylic acids is 3. The molecule has 6 nitrogen and oxygen atoms in total. The lowest BCUT2D eigenvalue weighted by Gasteiger charge is -2.18. The van der Waals surface area contributed by atoms with Gasteiger partial charge in [0.15, 0.2) is 6.10 Å².